The van der Waals surface area contributed by atoms with Crippen molar-refractivity contribution in [1.29, 1.82) is 5.26 Å². The number of carbonyl (C=O) groups is 1. The van der Waals surface area contributed by atoms with Gasteiger partial charge in [-0.1, -0.05) is 40.5 Å². The van der Waals surface area contributed by atoms with Gasteiger partial charge in [-0.2, -0.15) is 5.26 Å². The summed E-state index contributed by atoms with van der Waals surface area (Å²) in [6.07, 6.45) is 2.40. The summed E-state index contributed by atoms with van der Waals surface area (Å²) in [5.41, 5.74) is 3.36. The van der Waals surface area contributed by atoms with Crippen molar-refractivity contribution in [3.63, 3.8) is 0 Å². The molecule has 0 aromatic heterocycles. The van der Waals surface area contributed by atoms with Crippen LogP contribution in [-0.4, -0.2) is 19.6 Å². The van der Waals surface area contributed by atoms with Crippen molar-refractivity contribution < 1.29 is 14.3 Å². The van der Waals surface area contributed by atoms with E-state index in [0.717, 1.165) is 17.5 Å². The summed E-state index contributed by atoms with van der Waals surface area (Å²) in [7, 11) is 1.55. The van der Waals surface area contributed by atoms with Gasteiger partial charge in [-0.3, -0.25) is 4.79 Å². The summed E-state index contributed by atoms with van der Waals surface area (Å²) in [5.74, 6) is 0.674. The van der Waals surface area contributed by atoms with Gasteiger partial charge < -0.3 is 14.8 Å². The number of anilines is 1. The second-order valence-corrected chi connectivity index (χ2v) is 7.17. The Bertz CT molecular complexity index is 946. The monoisotopic (exact) mass is 442 g/mol. The van der Waals surface area contributed by atoms with Crippen LogP contribution in [0.4, 0.5) is 5.69 Å². The maximum Gasteiger partial charge on any atom is 0.266 e. The molecule has 146 valence electrons. The third-order valence-electron chi connectivity index (χ3n) is 4.04. The Morgan fingerprint density at radius 2 is 2.00 bits per heavy atom. The van der Waals surface area contributed by atoms with Crippen molar-refractivity contribution in [2.24, 2.45) is 0 Å². The Hall–Kier alpha value is -2.78. The Balaban J connectivity index is 2.32. The Morgan fingerprint density at radius 1 is 1.25 bits per heavy atom. The molecule has 0 atom stereocenters. The first-order chi connectivity index (χ1) is 13.4. The summed E-state index contributed by atoms with van der Waals surface area (Å²) >= 11 is 3.47. The second-order valence-electron chi connectivity index (χ2n) is 6.32. The van der Waals surface area contributed by atoms with E-state index in [-0.39, 0.29) is 5.57 Å². The number of hydrogen-bond donors (Lipinski definition) is 1. The third kappa shape index (κ3) is 5.37. The van der Waals surface area contributed by atoms with Gasteiger partial charge in [0.1, 0.15) is 11.6 Å². The van der Waals surface area contributed by atoms with Gasteiger partial charge >= 0.3 is 0 Å². The first kappa shape index (κ1) is 21.5. The van der Waals surface area contributed by atoms with E-state index >= 15 is 0 Å². The number of ether oxygens (including phenoxy) is 2. The van der Waals surface area contributed by atoms with Crippen LogP contribution in [-0.2, 0) is 4.79 Å². The highest BCUT2D eigenvalue weighted by molar-refractivity contribution is 9.10. The van der Waals surface area contributed by atoms with Crippen molar-refractivity contribution in [3.05, 3.63) is 57.1 Å². The normalized spacial score (nSPS) is 10.9. The zero-order valence-electron chi connectivity index (χ0n) is 16.4. The number of halogens is 1. The van der Waals surface area contributed by atoms with E-state index in [2.05, 4.69) is 21.2 Å². The summed E-state index contributed by atoms with van der Waals surface area (Å²) in [6, 6.07) is 11.2. The van der Waals surface area contributed by atoms with Crippen LogP contribution in [0.2, 0.25) is 0 Å². The van der Waals surface area contributed by atoms with Crippen LogP contribution in [0.25, 0.3) is 6.08 Å². The highest BCUT2D eigenvalue weighted by Crippen LogP contribution is 2.34. The van der Waals surface area contributed by atoms with Crippen LogP contribution in [0, 0.1) is 25.2 Å². The van der Waals surface area contributed by atoms with Crippen LogP contribution < -0.4 is 14.8 Å². The molecular formula is C22H23BrN2O3. The average Bonchev–Trinajstić information content (AvgIpc) is 2.67. The van der Waals surface area contributed by atoms with Crippen LogP contribution in [0.3, 0.4) is 0 Å². The summed E-state index contributed by atoms with van der Waals surface area (Å²) in [5, 5.41) is 12.3. The molecule has 5 nitrogen and oxygen atoms in total. The summed E-state index contributed by atoms with van der Waals surface area (Å²) in [6.45, 7) is 6.48. The van der Waals surface area contributed by atoms with Gasteiger partial charge in [0.2, 0.25) is 0 Å². The fourth-order valence-corrected chi connectivity index (χ4v) is 3.03. The number of nitrogens with zero attached hydrogens (tertiary/aromatic N) is 1. The minimum absolute atomic E-state index is 0.00930. The largest absolute Gasteiger partial charge is 0.493 e. The SMILES string of the molecule is CCCOc1cc(Br)c(C=C(C#N)C(=O)Nc2ccc(C)cc2C)cc1OC. The van der Waals surface area contributed by atoms with E-state index in [1.165, 1.54) is 6.08 Å². The molecular weight excluding hydrogens is 420 g/mol. The molecule has 0 spiro atoms. The number of rotatable bonds is 7. The van der Waals surface area contributed by atoms with Gasteiger partial charge in [0.05, 0.1) is 13.7 Å². The molecule has 0 aliphatic rings. The van der Waals surface area contributed by atoms with E-state index in [4.69, 9.17) is 9.47 Å². The lowest BCUT2D eigenvalue weighted by atomic mass is 10.1. The van der Waals surface area contributed by atoms with Gasteiger partial charge in [0.25, 0.3) is 5.91 Å². The molecule has 2 rings (SSSR count). The lowest BCUT2D eigenvalue weighted by Crippen LogP contribution is -2.14. The molecule has 0 bridgehead atoms. The molecule has 28 heavy (non-hydrogen) atoms. The third-order valence-corrected chi connectivity index (χ3v) is 4.73. The minimum atomic E-state index is -0.466. The maximum atomic E-state index is 12.6. The number of benzene rings is 2. The van der Waals surface area contributed by atoms with Gasteiger partial charge in [0.15, 0.2) is 11.5 Å². The number of carbonyl (C=O) groups excluding carboxylic acids is 1. The second kappa shape index (κ2) is 9.95. The zero-order chi connectivity index (χ0) is 20.7. The van der Waals surface area contributed by atoms with Gasteiger partial charge in [0, 0.05) is 10.2 Å². The van der Waals surface area contributed by atoms with E-state index in [0.29, 0.717) is 33.8 Å². The quantitative estimate of drug-likeness (QED) is 0.459. The van der Waals surface area contributed by atoms with Crippen LogP contribution >= 0.6 is 15.9 Å². The van der Waals surface area contributed by atoms with Crippen LogP contribution in [0.1, 0.15) is 30.0 Å². The van der Waals surface area contributed by atoms with Crippen molar-refractivity contribution in [3.8, 4) is 17.6 Å². The van der Waals surface area contributed by atoms with Gasteiger partial charge in [-0.05, 0) is 55.7 Å². The topological polar surface area (TPSA) is 71.3 Å². The first-order valence-corrected chi connectivity index (χ1v) is 9.69. The fraction of sp³-hybridized carbons (Fsp3) is 0.273. The lowest BCUT2D eigenvalue weighted by Gasteiger charge is -2.12. The summed E-state index contributed by atoms with van der Waals surface area (Å²) < 4.78 is 11.8. The number of aryl methyl sites for hydroxylation is 2. The van der Waals surface area contributed by atoms with Crippen molar-refractivity contribution in [1.82, 2.24) is 0 Å². The molecule has 0 saturated heterocycles. The molecule has 2 aromatic rings. The molecule has 0 radical (unpaired) electrons. The molecule has 1 amide bonds. The average molecular weight is 443 g/mol. The molecule has 0 unspecified atom stereocenters. The highest BCUT2D eigenvalue weighted by atomic mass is 79.9. The Morgan fingerprint density at radius 3 is 2.61 bits per heavy atom. The molecule has 1 N–H and O–H groups in total. The molecule has 0 saturated carbocycles. The smallest absolute Gasteiger partial charge is 0.266 e. The molecule has 2 aromatic carbocycles. The molecule has 0 aliphatic heterocycles. The van der Waals surface area contributed by atoms with Crippen LogP contribution in [0.5, 0.6) is 11.5 Å². The lowest BCUT2D eigenvalue weighted by molar-refractivity contribution is -0.112. The van der Waals surface area contributed by atoms with Gasteiger partial charge in [-0.25, -0.2) is 0 Å². The number of hydrogen-bond acceptors (Lipinski definition) is 4. The van der Waals surface area contributed by atoms with E-state index < -0.39 is 5.91 Å². The van der Waals surface area contributed by atoms with Crippen molar-refractivity contribution >= 4 is 33.6 Å². The Labute approximate surface area is 174 Å². The minimum Gasteiger partial charge on any atom is -0.493 e. The number of amides is 1. The predicted molar refractivity (Wildman–Crippen MR) is 115 cm³/mol. The van der Waals surface area contributed by atoms with E-state index in [9.17, 15) is 10.1 Å². The standard InChI is InChI=1S/C22H23BrN2O3/c1-5-8-28-21-12-18(23)16(11-20(21)27-4)10-17(13-24)22(26)25-19-7-6-14(2)9-15(19)3/h6-7,9-12H,5,8H2,1-4H3,(H,25,26). The van der Waals surface area contributed by atoms with Gasteiger partial charge in [-0.15, -0.1) is 0 Å². The van der Waals surface area contributed by atoms with Crippen molar-refractivity contribution in [2.75, 3.05) is 19.0 Å². The highest BCUT2D eigenvalue weighted by Gasteiger charge is 2.14. The zero-order valence-corrected chi connectivity index (χ0v) is 18.0. The predicted octanol–water partition coefficient (Wildman–Crippen LogP) is 5.41. The number of nitrogens with one attached hydrogen (secondary N) is 1. The van der Waals surface area contributed by atoms with Crippen molar-refractivity contribution in [2.45, 2.75) is 27.2 Å². The fourth-order valence-electron chi connectivity index (χ4n) is 2.59. The van der Waals surface area contributed by atoms with E-state index in [1.807, 2.05) is 45.0 Å². The first-order valence-electron chi connectivity index (χ1n) is 8.90. The molecule has 0 fully saturated rings. The number of methoxy groups -OCH3 is 1. The van der Waals surface area contributed by atoms with E-state index in [1.54, 1.807) is 19.2 Å². The molecule has 0 aliphatic carbocycles. The summed E-state index contributed by atoms with van der Waals surface area (Å²) in [4.78, 5) is 12.6. The number of nitriles is 1. The van der Waals surface area contributed by atoms with Crippen LogP contribution in [0.15, 0.2) is 40.4 Å². The maximum absolute atomic E-state index is 12.6. The molecule has 0 heterocycles. The Kier molecular flexibility index (Phi) is 7.65. The molecule has 6 heteroatoms.